The fourth-order valence-electron chi connectivity index (χ4n) is 1.81. The molecule has 1 saturated heterocycles. The summed E-state index contributed by atoms with van der Waals surface area (Å²) < 4.78 is 0. The number of hydrogen-bond acceptors (Lipinski definition) is 2. The van der Waals surface area contributed by atoms with E-state index >= 15 is 0 Å². The number of nitrogens with zero attached hydrogens (tertiary/aromatic N) is 2. The average molecular weight is 138 g/mol. The number of piperidine rings is 1. The van der Waals surface area contributed by atoms with Crippen LogP contribution in [0.2, 0.25) is 0 Å². The lowest BCUT2D eigenvalue weighted by Gasteiger charge is -2.29. The maximum Gasteiger partial charge on any atom is 0.0990 e. The number of amidine groups is 1. The van der Waals surface area contributed by atoms with E-state index in [9.17, 15) is 0 Å². The van der Waals surface area contributed by atoms with Crippen LogP contribution in [-0.2, 0) is 0 Å². The van der Waals surface area contributed by atoms with Gasteiger partial charge in [-0.3, -0.25) is 4.99 Å². The standard InChI is InChI=1S/C8H14N2/c1-7-2-3-8-9-4-5-10(8)6-7/h7H,2-6H2,1H3. The Bertz CT molecular complexity index is 163. The summed E-state index contributed by atoms with van der Waals surface area (Å²) in [5.41, 5.74) is 0. The van der Waals surface area contributed by atoms with Crippen LogP contribution in [0.4, 0.5) is 0 Å². The van der Waals surface area contributed by atoms with E-state index in [0.717, 1.165) is 12.5 Å². The molecule has 10 heavy (non-hydrogen) atoms. The predicted octanol–water partition coefficient (Wildman–Crippen LogP) is 1.13. The van der Waals surface area contributed by atoms with E-state index < -0.39 is 0 Å². The van der Waals surface area contributed by atoms with Crippen LogP contribution in [0.25, 0.3) is 0 Å². The molecule has 0 bridgehead atoms. The minimum absolute atomic E-state index is 0.886. The topological polar surface area (TPSA) is 15.6 Å². The fourth-order valence-corrected chi connectivity index (χ4v) is 1.81. The van der Waals surface area contributed by atoms with Gasteiger partial charge in [-0.05, 0) is 12.3 Å². The Labute approximate surface area is 61.9 Å². The van der Waals surface area contributed by atoms with Crippen LogP contribution >= 0.6 is 0 Å². The molecule has 2 rings (SSSR count). The molecule has 2 heteroatoms. The third-order valence-electron chi connectivity index (χ3n) is 2.42. The lowest BCUT2D eigenvalue weighted by Crippen LogP contribution is -2.36. The molecule has 2 aliphatic heterocycles. The number of hydrogen-bond donors (Lipinski definition) is 0. The van der Waals surface area contributed by atoms with Crippen LogP contribution in [0.1, 0.15) is 19.8 Å². The van der Waals surface area contributed by atoms with Gasteiger partial charge in [0, 0.05) is 19.5 Å². The van der Waals surface area contributed by atoms with Gasteiger partial charge in [-0.2, -0.15) is 0 Å². The van der Waals surface area contributed by atoms with E-state index in [1.807, 2.05) is 0 Å². The monoisotopic (exact) mass is 138 g/mol. The zero-order valence-corrected chi connectivity index (χ0v) is 6.51. The lowest BCUT2D eigenvalue weighted by atomic mass is 10.0. The molecule has 2 nitrogen and oxygen atoms in total. The molecule has 0 aromatic heterocycles. The molecular formula is C8H14N2. The summed E-state index contributed by atoms with van der Waals surface area (Å²) in [5, 5.41) is 0. The smallest absolute Gasteiger partial charge is 0.0990 e. The molecule has 2 heterocycles. The fraction of sp³-hybridized carbons (Fsp3) is 0.875. The summed E-state index contributed by atoms with van der Waals surface area (Å²) >= 11 is 0. The highest BCUT2D eigenvalue weighted by Gasteiger charge is 2.23. The van der Waals surface area contributed by atoms with Crippen molar-refractivity contribution in [3.63, 3.8) is 0 Å². The van der Waals surface area contributed by atoms with Gasteiger partial charge >= 0.3 is 0 Å². The molecule has 0 amide bonds. The minimum Gasteiger partial charge on any atom is -0.358 e. The first-order valence-electron chi connectivity index (χ1n) is 4.14. The third-order valence-corrected chi connectivity index (χ3v) is 2.42. The van der Waals surface area contributed by atoms with Crippen LogP contribution in [0.5, 0.6) is 0 Å². The summed E-state index contributed by atoms with van der Waals surface area (Å²) in [4.78, 5) is 6.87. The van der Waals surface area contributed by atoms with Gasteiger partial charge < -0.3 is 4.90 Å². The zero-order valence-electron chi connectivity index (χ0n) is 6.51. The first-order chi connectivity index (χ1) is 4.86. The number of aliphatic imine (C=N–C) groups is 1. The van der Waals surface area contributed by atoms with Crippen LogP contribution in [0.15, 0.2) is 4.99 Å². The van der Waals surface area contributed by atoms with E-state index in [2.05, 4.69) is 16.8 Å². The Kier molecular flexibility index (Phi) is 1.40. The average Bonchev–Trinajstić information content (AvgIpc) is 2.33. The second-order valence-electron chi connectivity index (χ2n) is 3.39. The Morgan fingerprint density at radius 2 is 2.50 bits per heavy atom. The van der Waals surface area contributed by atoms with Gasteiger partial charge in [0.15, 0.2) is 0 Å². The van der Waals surface area contributed by atoms with Gasteiger partial charge in [-0.25, -0.2) is 0 Å². The van der Waals surface area contributed by atoms with Crippen LogP contribution < -0.4 is 0 Å². The molecule has 0 aromatic carbocycles. The summed E-state index contributed by atoms with van der Waals surface area (Å²) in [6.45, 7) is 5.80. The van der Waals surface area contributed by atoms with Crippen molar-refractivity contribution >= 4 is 5.84 Å². The molecule has 1 unspecified atom stereocenters. The quantitative estimate of drug-likeness (QED) is 0.490. The highest BCUT2D eigenvalue weighted by Crippen LogP contribution is 2.19. The Hall–Kier alpha value is -0.530. The Morgan fingerprint density at radius 1 is 1.60 bits per heavy atom. The minimum atomic E-state index is 0.886. The second kappa shape index (κ2) is 2.26. The third kappa shape index (κ3) is 0.917. The van der Waals surface area contributed by atoms with Crippen LogP contribution in [0.3, 0.4) is 0 Å². The molecule has 0 saturated carbocycles. The maximum atomic E-state index is 4.43. The maximum absolute atomic E-state index is 4.43. The number of rotatable bonds is 0. The van der Waals surface area contributed by atoms with Crippen molar-refractivity contribution in [1.29, 1.82) is 0 Å². The lowest BCUT2D eigenvalue weighted by molar-refractivity contribution is 0.328. The molecule has 0 aromatic rings. The molecule has 1 atom stereocenters. The SMILES string of the molecule is CC1CCC2=NCCN2C1. The van der Waals surface area contributed by atoms with Crippen molar-refractivity contribution in [2.45, 2.75) is 19.8 Å². The molecule has 0 aliphatic carbocycles. The Morgan fingerprint density at radius 3 is 3.40 bits per heavy atom. The van der Waals surface area contributed by atoms with Crippen LogP contribution in [0, 0.1) is 5.92 Å². The molecule has 1 fully saturated rings. The van der Waals surface area contributed by atoms with E-state index in [-0.39, 0.29) is 0 Å². The van der Waals surface area contributed by atoms with Gasteiger partial charge in [0.25, 0.3) is 0 Å². The van der Waals surface area contributed by atoms with Gasteiger partial charge in [0.1, 0.15) is 0 Å². The van der Waals surface area contributed by atoms with Crippen LogP contribution in [-0.4, -0.2) is 30.4 Å². The largest absolute Gasteiger partial charge is 0.358 e. The summed E-state index contributed by atoms with van der Waals surface area (Å²) in [7, 11) is 0. The highest BCUT2D eigenvalue weighted by molar-refractivity contribution is 5.84. The summed E-state index contributed by atoms with van der Waals surface area (Å²) in [5.74, 6) is 2.26. The molecule has 0 N–H and O–H groups in total. The van der Waals surface area contributed by atoms with Gasteiger partial charge in [-0.15, -0.1) is 0 Å². The number of fused-ring (bicyclic) bond motifs is 1. The van der Waals surface area contributed by atoms with E-state index in [4.69, 9.17) is 0 Å². The van der Waals surface area contributed by atoms with E-state index in [1.165, 1.54) is 31.8 Å². The van der Waals surface area contributed by atoms with Crippen molar-refractivity contribution in [3.05, 3.63) is 0 Å². The van der Waals surface area contributed by atoms with Crippen molar-refractivity contribution in [3.8, 4) is 0 Å². The molecule has 0 radical (unpaired) electrons. The van der Waals surface area contributed by atoms with Gasteiger partial charge in [-0.1, -0.05) is 6.92 Å². The van der Waals surface area contributed by atoms with Crippen molar-refractivity contribution in [2.75, 3.05) is 19.6 Å². The van der Waals surface area contributed by atoms with Gasteiger partial charge in [0.2, 0.25) is 0 Å². The molecule has 2 aliphatic rings. The highest BCUT2D eigenvalue weighted by atomic mass is 15.2. The second-order valence-corrected chi connectivity index (χ2v) is 3.39. The summed E-state index contributed by atoms with van der Waals surface area (Å²) in [6.07, 6.45) is 2.57. The van der Waals surface area contributed by atoms with E-state index in [1.54, 1.807) is 0 Å². The zero-order chi connectivity index (χ0) is 6.97. The van der Waals surface area contributed by atoms with Crippen molar-refractivity contribution in [1.82, 2.24) is 4.90 Å². The van der Waals surface area contributed by atoms with Gasteiger partial charge in [0.05, 0.1) is 12.4 Å². The molecule has 56 valence electrons. The first-order valence-corrected chi connectivity index (χ1v) is 4.14. The first kappa shape index (κ1) is 6.20. The van der Waals surface area contributed by atoms with E-state index in [0.29, 0.717) is 0 Å². The van der Waals surface area contributed by atoms with Crippen molar-refractivity contribution in [2.24, 2.45) is 10.9 Å². The molecule has 0 spiro atoms. The summed E-state index contributed by atoms with van der Waals surface area (Å²) in [6, 6.07) is 0. The predicted molar refractivity (Wildman–Crippen MR) is 42.3 cm³/mol. The molecular weight excluding hydrogens is 124 g/mol. The van der Waals surface area contributed by atoms with Crippen molar-refractivity contribution < 1.29 is 0 Å². The Balaban J connectivity index is 2.06. The normalized spacial score (nSPS) is 31.9.